The third-order valence-electron chi connectivity index (χ3n) is 2.68. The third kappa shape index (κ3) is 2.81. The molecule has 1 aliphatic carbocycles. The maximum absolute atomic E-state index is 11.6. The molecule has 1 fully saturated rings. The summed E-state index contributed by atoms with van der Waals surface area (Å²) in [5.41, 5.74) is 6.15. The molecule has 2 N–H and O–H groups in total. The first-order chi connectivity index (χ1) is 8.63. The van der Waals surface area contributed by atoms with E-state index in [4.69, 9.17) is 22.1 Å². The van der Waals surface area contributed by atoms with E-state index in [1.165, 1.54) is 6.33 Å². The molecule has 0 bridgehead atoms. The summed E-state index contributed by atoms with van der Waals surface area (Å²) < 4.78 is 4.94. The molecule has 1 aliphatic rings. The highest BCUT2D eigenvalue weighted by Crippen LogP contribution is 2.34. The van der Waals surface area contributed by atoms with Crippen LogP contribution < -0.4 is 10.6 Å². The summed E-state index contributed by atoms with van der Waals surface area (Å²) in [5.74, 6) is 0.212. The van der Waals surface area contributed by atoms with E-state index in [0.29, 0.717) is 18.1 Å². The Balaban J connectivity index is 2.19. The number of ether oxygens (including phenoxy) is 1. The molecule has 2 rings (SSSR count). The van der Waals surface area contributed by atoms with E-state index >= 15 is 0 Å². The van der Waals surface area contributed by atoms with Gasteiger partial charge in [0, 0.05) is 6.04 Å². The third-order valence-corrected chi connectivity index (χ3v) is 2.98. The van der Waals surface area contributed by atoms with E-state index in [9.17, 15) is 4.79 Å². The minimum atomic E-state index is -0.293. The molecule has 1 aromatic heterocycles. The molecule has 0 spiro atoms. The van der Waals surface area contributed by atoms with Crippen LogP contribution in [-0.2, 0) is 9.53 Å². The zero-order valence-electron chi connectivity index (χ0n) is 10.1. The molecule has 18 heavy (non-hydrogen) atoms. The molecule has 1 aromatic rings. The Morgan fingerprint density at radius 2 is 2.33 bits per heavy atom. The van der Waals surface area contributed by atoms with Gasteiger partial charge >= 0.3 is 5.97 Å². The standard InChI is InChI=1S/C11H15ClN4O2/c1-2-18-8(17)5-16(7-3-4-7)11-9(13)10(12)14-6-15-11/h6-7H,2-5,13H2,1H3. The van der Waals surface area contributed by atoms with Crippen molar-refractivity contribution in [3.05, 3.63) is 11.5 Å². The summed E-state index contributed by atoms with van der Waals surface area (Å²) in [6.07, 6.45) is 3.37. The maximum Gasteiger partial charge on any atom is 0.325 e. The van der Waals surface area contributed by atoms with Gasteiger partial charge in [-0.3, -0.25) is 4.79 Å². The van der Waals surface area contributed by atoms with Gasteiger partial charge in [-0.2, -0.15) is 0 Å². The number of carbonyl (C=O) groups is 1. The molecule has 0 radical (unpaired) electrons. The quantitative estimate of drug-likeness (QED) is 0.640. The average molecular weight is 271 g/mol. The fraction of sp³-hybridized carbons (Fsp3) is 0.545. The number of nitrogens with zero attached hydrogens (tertiary/aromatic N) is 3. The second-order valence-corrected chi connectivity index (χ2v) is 4.42. The van der Waals surface area contributed by atoms with Gasteiger partial charge in [-0.1, -0.05) is 11.6 Å². The summed E-state index contributed by atoms with van der Waals surface area (Å²) in [7, 11) is 0. The monoisotopic (exact) mass is 270 g/mol. The van der Waals surface area contributed by atoms with Gasteiger partial charge in [-0.15, -0.1) is 0 Å². The molecular weight excluding hydrogens is 256 g/mol. The van der Waals surface area contributed by atoms with Crippen LogP contribution >= 0.6 is 11.6 Å². The second-order valence-electron chi connectivity index (χ2n) is 4.07. The predicted molar refractivity (Wildman–Crippen MR) is 68.5 cm³/mol. The van der Waals surface area contributed by atoms with Crippen molar-refractivity contribution >= 4 is 29.1 Å². The molecule has 98 valence electrons. The van der Waals surface area contributed by atoms with Crippen molar-refractivity contribution in [2.75, 3.05) is 23.8 Å². The van der Waals surface area contributed by atoms with E-state index in [0.717, 1.165) is 12.8 Å². The van der Waals surface area contributed by atoms with Crippen molar-refractivity contribution < 1.29 is 9.53 Å². The predicted octanol–water partition coefficient (Wildman–Crippen LogP) is 1.24. The Kier molecular flexibility index (Phi) is 3.86. The van der Waals surface area contributed by atoms with Crippen LogP contribution in [0.5, 0.6) is 0 Å². The van der Waals surface area contributed by atoms with Gasteiger partial charge in [0.25, 0.3) is 0 Å². The highest BCUT2D eigenvalue weighted by molar-refractivity contribution is 6.32. The number of esters is 1. The van der Waals surface area contributed by atoms with Crippen molar-refractivity contribution in [1.82, 2.24) is 9.97 Å². The molecule has 0 atom stereocenters. The number of anilines is 2. The molecule has 1 saturated carbocycles. The van der Waals surface area contributed by atoms with Crippen LogP contribution in [0.25, 0.3) is 0 Å². The second kappa shape index (κ2) is 5.39. The van der Waals surface area contributed by atoms with Crippen LogP contribution in [-0.4, -0.2) is 35.1 Å². The molecule has 0 aromatic carbocycles. The van der Waals surface area contributed by atoms with E-state index in [-0.39, 0.29) is 23.7 Å². The number of hydrogen-bond acceptors (Lipinski definition) is 6. The number of rotatable bonds is 5. The van der Waals surface area contributed by atoms with Crippen LogP contribution in [0.2, 0.25) is 5.15 Å². The van der Waals surface area contributed by atoms with Crippen molar-refractivity contribution in [2.45, 2.75) is 25.8 Å². The lowest BCUT2D eigenvalue weighted by Crippen LogP contribution is -2.34. The highest BCUT2D eigenvalue weighted by Gasteiger charge is 2.33. The molecule has 0 aliphatic heterocycles. The Bertz CT molecular complexity index is 451. The largest absolute Gasteiger partial charge is 0.465 e. The lowest BCUT2D eigenvalue weighted by Gasteiger charge is -2.23. The van der Waals surface area contributed by atoms with Gasteiger partial charge in [-0.05, 0) is 19.8 Å². The smallest absolute Gasteiger partial charge is 0.325 e. The van der Waals surface area contributed by atoms with Crippen molar-refractivity contribution in [3.8, 4) is 0 Å². The Morgan fingerprint density at radius 3 is 2.94 bits per heavy atom. The normalized spacial score (nSPS) is 14.3. The van der Waals surface area contributed by atoms with E-state index < -0.39 is 0 Å². The first-order valence-corrected chi connectivity index (χ1v) is 6.19. The minimum Gasteiger partial charge on any atom is -0.465 e. The molecule has 1 heterocycles. The van der Waals surface area contributed by atoms with Crippen LogP contribution in [0.4, 0.5) is 11.5 Å². The van der Waals surface area contributed by atoms with Crippen LogP contribution in [0, 0.1) is 0 Å². The summed E-state index contributed by atoms with van der Waals surface area (Å²) in [4.78, 5) is 21.3. The van der Waals surface area contributed by atoms with Gasteiger partial charge in [0.1, 0.15) is 18.6 Å². The summed E-state index contributed by atoms with van der Waals surface area (Å²) >= 11 is 5.86. The van der Waals surface area contributed by atoms with Crippen molar-refractivity contribution in [3.63, 3.8) is 0 Å². The van der Waals surface area contributed by atoms with Gasteiger partial charge in [0.2, 0.25) is 0 Å². The summed E-state index contributed by atoms with van der Waals surface area (Å²) in [6, 6.07) is 0.280. The first-order valence-electron chi connectivity index (χ1n) is 5.81. The lowest BCUT2D eigenvalue weighted by molar-refractivity contribution is -0.141. The van der Waals surface area contributed by atoms with Gasteiger partial charge < -0.3 is 15.4 Å². The van der Waals surface area contributed by atoms with Crippen LogP contribution in [0.15, 0.2) is 6.33 Å². The number of aromatic nitrogens is 2. The summed E-state index contributed by atoms with van der Waals surface area (Å²) in [6.45, 7) is 2.27. The highest BCUT2D eigenvalue weighted by atomic mass is 35.5. The lowest BCUT2D eigenvalue weighted by atomic mass is 10.4. The van der Waals surface area contributed by atoms with E-state index in [1.807, 2.05) is 4.90 Å². The molecule has 6 nitrogen and oxygen atoms in total. The molecule has 7 heteroatoms. The van der Waals surface area contributed by atoms with Crippen molar-refractivity contribution in [2.24, 2.45) is 0 Å². The number of carbonyl (C=O) groups excluding carboxylic acids is 1. The zero-order chi connectivity index (χ0) is 13.1. The number of hydrogen-bond donors (Lipinski definition) is 1. The van der Waals surface area contributed by atoms with Gasteiger partial charge in [0.05, 0.1) is 6.61 Å². The average Bonchev–Trinajstić information content (AvgIpc) is 3.15. The Labute approximate surface area is 110 Å². The minimum absolute atomic E-state index is 0.135. The SMILES string of the molecule is CCOC(=O)CN(c1ncnc(Cl)c1N)C1CC1. The Hall–Kier alpha value is -1.56. The topological polar surface area (TPSA) is 81.3 Å². The zero-order valence-corrected chi connectivity index (χ0v) is 10.9. The van der Waals surface area contributed by atoms with Crippen LogP contribution in [0.3, 0.4) is 0 Å². The summed E-state index contributed by atoms with van der Waals surface area (Å²) in [5, 5.41) is 0.203. The van der Waals surface area contributed by atoms with Gasteiger partial charge in [0.15, 0.2) is 11.0 Å². The number of nitrogen functional groups attached to an aromatic ring is 1. The number of nitrogens with two attached hydrogens (primary N) is 1. The maximum atomic E-state index is 11.6. The van der Waals surface area contributed by atoms with Crippen LogP contribution in [0.1, 0.15) is 19.8 Å². The first kappa shape index (κ1) is 12.9. The molecule has 0 amide bonds. The molecule has 0 saturated heterocycles. The van der Waals surface area contributed by atoms with E-state index in [2.05, 4.69) is 9.97 Å². The van der Waals surface area contributed by atoms with Gasteiger partial charge in [-0.25, -0.2) is 9.97 Å². The Morgan fingerprint density at radius 1 is 1.61 bits per heavy atom. The fourth-order valence-electron chi connectivity index (χ4n) is 1.70. The molecular formula is C11H15ClN4O2. The number of halogens is 1. The fourth-order valence-corrected chi connectivity index (χ4v) is 1.83. The molecule has 0 unspecified atom stereocenters. The van der Waals surface area contributed by atoms with E-state index in [1.54, 1.807) is 6.92 Å². The van der Waals surface area contributed by atoms with Crippen molar-refractivity contribution in [1.29, 1.82) is 0 Å².